The Balaban J connectivity index is 2.14. The third kappa shape index (κ3) is 2.05. The molecule has 0 radical (unpaired) electrons. The Morgan fingerprint density at radius 1 is 1.35 bits per heavy atom. The second-order valence-electron chi connectivity index (χ2n) is 6.80. The Labute approximate surface area is 121 Å². The van der Waals surface area contributed by atoms with Crippen LogP contribution in [0.3, 0.4) is 0 Å². The number of para-hydroxylation sites is 1. The third-order valence-corrected chi connectivity index (χ3v) is 5.07. The minimum atomic E-state index is 0.344. The zero-order valence-corrected chi connectivity index (χ0v) is 12.8. The van der Waals surface area contributed by atoms with E-state index in [0.29, 0.717) is 17.9 Å². The van der Waals surface area contributed by atoms with Crippen LogP contribution in [0.5, 0.6) is 0 Å². The Morgan fingerprint density at radius 2 is 2.15 bits per heavy atom. The Hall–Kier alpha value is -1.35. The molecule has 1 atom stereocenters. The van der Waals surface area contributed by atoms with Gasteiger partial charge in [-0.3, -0.25) is 0 Å². The summed E-state index contributed by atoms with van der Waals surface area (Å²) in [5.41, 5.74) is 9.66. The first-order valence-electron chi connectivity index (χ1n) is 7.69. The largest absolute Gasteiger partial charge is 0.331 e. The number of fused-ring (bicyclic) bond motifs is 1. The molecule has 1 fully saturated rings. The van der Waals surface area contributed by atoms with Crippen molar-refractivity contribution in [3.63, 3.8) is 0 Å². The van der Waals surface area contributed by atoms with Gasteiger partial charge in [0.05, 0.1) is 11.0 Å². The van der Waals surface area contributed by atoms with Gasteiger partial charge in [0.15, 0.2) is 0 Å². The van der Waals surface area contributed by atoms with Crippen molar-refractivity contribution >= 4 is 11.0 Å². The quantitative estimate of drug-likeness (QED) is 0.904. The number of hydrogen-bond donors (Lipinski definition) is 1. The molecule has 3 heteroatoms. The van der Waals surface area contributed by atoms with Crippen LogP contribution in [0.25, 0.3) is 11.0 Å². The summed E-state index contributed by atoms with van der Waals surface area (Å²) in [4.78, 5) is 4.99. The summed E-state index contributed by atoms with van der Waals surface area (Å²) in [5.74, 6) is 1.80. The number of aromatic nitrogens is 2. The molecule has 1 aromatic heterocycles. The van der Waals surface area contributed by atoms with Crippen LogP contribution in [0.4, 0.5) is 0 Å². The van der Waals surface area contributed by atoms with E-state index in [1.807, 2.05) is 0 Å². The van der Waals surface area contributed by atoms with Crippen molar-refractivity contribution in [1.82, 2.24) is 9.55 Å². The fraction of sp³-hybridized carbons (Fsp3) is 0.588. The second-order valence-corrected chi connectivity index (χ2v) is 6.80. The zero-order chi connectivity index (χ0) is 14.3. The molecule has 1 saturated carbocycles. The maximum atomic E-state index is 5.86. The van der Waals surface area contributed by atoms with Gasteiger partial charge in [-0.05, 0) is 29.9 Å². The summed E-state index contributed by atoms with van der Waals surface area (Å²) in [7, 11) is 2.15. The standard InChI is InChI=1S/C17H25N3/c1-17(2)10-5-4-8-13(17)16-19-15-12(11-18)7-6-9-14(15)20(16)3/h6-7,9,13H,4-5,8,10-11,18H2,1-3H3. The van der Waals surface area contributed by atoms with Gasteiger partial charge in [-0.25, -0.2) is 4.98 Å². The van der Waals surface area contributed by atoms with Crippen molar-refractivity contribution in [2.75, 3.05) is 0 Å². The van der Waals surface area contributed by atoms with E-state index in [-0.39, 0.29) is 0 Å². The highest BCUT2D eigenvalue weighted by Crippen LogP contribution is 2.46. The van der Waals surface area contributed by atoms with Gasteiger partial charge in [-0.15, -0.1) is 0 Å². The normalized spacial score (nSPS) is 22.3. The fourth-order valence-corrected chi connectivity index (χ4v) is 3.74. The minimum Gasteiger partial charge on any atom is -0.331 e. The summed E-state index contributed by atoms with van der Waals surface area (Å²) < 4.78 is 2.28. The third-order valence-electron chi connectivity index (χ3n) is 5.07. The molecule has 1 aliphatic carbocycles. The molecule has 3 rings (SSSR count). The Bertz CT molecular complexity index is 624. The number of hydrogen-bond acceptors (Lipinski definition) is 2. The van der Waals surface area contributed by atoms with Gasteiger partial charge in [0.25, 0.3) is 0 Å². The average Bonchev–Trinajstić information content (AvgIpc) is 2.76. The molecule has 108 valence electrons. The van der Waals surface area contributed by atoms with Crippen LogP contribution < -0.4 is 5.73 Å². The predicted molar refractivity (Wildman–Crippen MR) is 83.6 cm³/mol. The van der Waals surface area contributed by atoms with Crippen LogP contribution in [0, 0.1) is 5.41 Å². The van der Waals surface area contributed by atoms with E-state index in [0.717, 1.165) is 11.1 Å². The van der Waals surface area contributed by atoms with E-state index in [2.05, 4.69) is 43.7 Å². The van der Waals surface area contributed by atoms with E-state index in [9.17, 15) is 0 Å². The number of nitrogens with two attached hydrogens (primary N) is 1. The molecule has 0 spiro atoms. The second kappa shape index (κ2) is 4.88. The van der Waals surface area contributed by atoms with E-state index in [1.54, 1.807) is 0 Å². The van der Waals surface area contributed by atoms with Crippen molar-refractivity contribution in [3.8, 4) is 0 Å². The summed E-state index contributed by atoms with van der Waals surface area (Å²) >= 11 is 0. The first-order chi connectivity index (χ1) is 9.54. The highest BCUT2D eigenvalue weighted by molar-refractivity contribution is 5.79. The van der Waals surface area contributed by atoms with Crippen molar-refractivity contribution in [2.24, 2.45) is 18.2 Å². The van der Waals surface area contributed by atoms with Crippen molar-refractivity contribution in [1.29, 1.82) is 0 Å². The van der Waals surface area contributed by atoms with Crippen LogP contribution in [-0.2, 0) is 13.6 Å². The lowest BCUT2D eigenvalue weighted by molar-refractivity contribution is 0.190. The molecule has 1 aliphatic rings. The number of rotatable bonds is 2. The lowest BCUT2D eigenvalue weighted by Gasteiger charge is -2.38. The topological polar surface area (TPSA) is 43.8 Å². The molecule has 0 amide bonds. The van der Waals surface area contributed by atoms with E-state index >= 15 is 0 Å². The highest BCUT2D eigenvalue weighted by Gasteiger charge is 2.36. The average molecular weight is 271 g/mol. The van der Waals surface area contributed by atoms with Gasteiger partial charge in [0, 0.05) is 19.5 Å². The molecule has 2 aromatic rings. The first-order valence-corrected chi connectivity index (χ1v) is 7.69. The SMILES string of the molecule is Cn1c(C2CCCCC2(C)C)nc2c(CN)cccc21. The monoisotopic (exact) mass is 271 g/mol. The number of benzene rings is 1. The molecule has 0 bridgehead atoms. The van der Waals surface area contributed by atoms with Gasteiger partial charge < -0.3 is 10.3 Å². The molecule has 20 heavy (non-hydrogen) atoms. The zero-order valence-electron chi connectivity index (χ0n) is 12.8. The van der Waals surface area contributed by atoms with Gasteiger partial charge in [-0.2, -0.15) is 0 Å². The van der Waals surface area contributed by atoms with Crippen molar-refractivity contribution < 1.29 is 0 Å². The van der Waals surface area contributed by atoms with E-state index in [4.69, 9.17) is 10.7 Å². The molecular formula is C17H25N3. The van der Waals surface area contributed by atoms with Crippen molar-refractivity contribution in [2.45, 2.75) is 52.0 Å². The van der Waals surface area contributed by atoms with E-state index < -0.39 is 0 Å². The van der Waals surface area contributed by atoms with Crippen LogP contribution in [-0.4, -0.2) is 9.55 Å². The predicted octanol–water partition coefficient (Wildman–Crippen LogP) is 3.72. The summed E-state index contributed by atoms with van der Waals surface area (Å²) in [6.07, 6.45) is 5.22. The summed E-state index contributed by atoms with van der Waals surface area (Å²) in [6, 6.07) is 6.33. The maximum Gasteiger partial charge on any atom is 0.113 e. The smallest absolute Gasteiger partial charge is 0.113 e. The van der Waals surface area contributed by atoms with Crippen LogP contribution in [0.2, 0.25) is 0 Å². The fourth-order valence-electron chi connectivity index (χ4n) is 3.74. The number of imidazole rings is 1. The molecule has 1 unspecified atom stereocenters. The molecule has 0 aliphatic heterocycles. The summed E-state index contributed by atoms with van der Waals surface area (Å²) in [5, 5.41) is 0. The minimum absolute atomic E-state index is 0.344. The van der Waals surface area contributed by atoms with Gasteiger partial charge in [-0.1, -0.05) is 38.8 Å². The first kappa shape index (κ1) is 13.6. The Kier molecular flexibility index (Phi) is 3.33. The highest BCUT2D eigenvalue weighted by atomic mass is 15.1. The molecule has 0 saturated heterocycles. The van der Waals surface area contributed by atoms with Gasteiger partial charge in [0.2, 0.25) is 0 Å². The molecule has 1 aromatic carbocycles. The van der Waals surface area contributed by atoms with Crippen LogP contribution in [0.15, 0.2) is 18.2 Å². The van der Waals surface area contributed by atoms with Gasteiger partial charge in [0.1, 0.15) is 5.82 Å². The Morgan fingerprint density at radius 3 is 2.85 bits per heavy atom. The number of aryl methyl sites for hydroxylation is 1. The molecular weight excluding hydrogens is 246 g/mol. The van der Waals surface area contributed by atoms with E-state index in [1.165, 1.54) is 37.0 Å². The molecule has 1 heterocycles. The molecule has 2 N–H and O–H groups in total. The summed E-state index contributed by atoms with van der Waals surface area (Å²) in [6.45, 7) is 5.34. The number of nitrogens with zero attached hydrogens (tertiary/aromatic N) is 2. The van der Waals surface area contributed by atoms with Crippen molar-refractivity contribution in [3.05, 3.63) is 29.6 Å². The maximum absolute atomic E-state index is 5.86. The van der Waals surface area contributed by atoms with Crippen LogP contribution >= 0.6 is 0 Å². The van der Waals surface area contributed by atoms with Crippen LogP contribution in [0.1, 0.15) is 56.8 Å². The molecule has 3 nitrogen and oxygen atoms in total. The van der Waals surface area contributed by atoms with Gasteiger partial charge >= 0.3 is 0 Å². The lowest BCUT2D eigenvalue weighted by Crippen LogP contribution is -2.28. The lowest BCUT2D eigenvalue weighted by atomic mass is 9.68.